The molecular weight excluding hydrogens is 354 g/mol. The predicted molar refractivity (Wildman–Crippen MR) is 95.3 cm³/mol. The minimum Gasteiger partial charge on any atom is -0.337 e. The number of alkyl halides is 2. The molecule has 2 saturated heterocycles. The summed E-state index contributed by atoms with van der Waals surface area (Å²) in [6.07, 6.45) is 0.632. The van der Waals surface area contributed by atoms with Gasteiger partial charge in [0.1, 0.15) is 0 Å². The summed E-state index contributed by atoms with van der Waals surface area (Å²) in [6.45, 7) is 2.10. The van der Waals surface area contributed by atoms with Crippen molar-refractivity contribution in [3.8, 4) is 0 Å². The van der Waals surface area contributed by atoms with E-state index in [0.717, 1.165) is 5.69 Å². The molecule has 8 heteroatoms. The fourth-order valence-corrected chi connectivity index (χ4v) is 3.83. The largest absolute Gasteiger partial charge is 0.437 e. The van der Waals surface area contributed by atoms with Crippen LogP contribution in [0, 0.1) is 0 Å². The monoisotopic (exact) mass is 376 g/mol. The summed E-state index contributed by atoms with van der Waals surface area (Å²) in [4.78, 5) is 19.7. The number of nitrogens with zero attached hydrogens (tertiary/aromatic N) is 4. The molecule has 144 valence electrons. The number of carbonyl (C=O) groups is 1. The number of anilines is 1. The Bertz CT molecular complexity index is 816. The normalized spacial score (nSPS) is 22.3. The first-order chi connectivity index (χ1) is 12.9. The van der Waals surface area contributed by atoms with Gasteiger partial charge >= 0.3 is 12.0 Å². The number of carbonyl (C=O) groups excluding carboxylic acids is 1. The van der Waals surface area contributed by atoms with Crippen molar-refractivity contribution in [2.75, 3.05) is 24.5 Å². The van der Waals surface area contributed by atoms with E-state index < -0.39 is 17.6 Å². The third-order valence-electron chi connectivity index (χ3n) is 5.42. The van der Waals surface area contributed by atoms with Crippen molar-refractivity contribution < 1.29 is 18.3 Å². The molecule has 27 heavy (non-hydrogen) atoms. The van der Waals surface area contributed by atoms with Gasteiger partial charge in [0.05, 0.1) is 24.2 Å². The van der Waals surface area contributed by atoms with Gasteiger partial charge in [-0.05, 0) is 25.0 Å². The van der Waals surface area contributed by atoms with Gasteiger partial charge in [-0.15, -0.1) is 0 Å². The number of piperidine rings is 1. The van der Waals surface area contributed by atoms with Crippen molar-refractivity contribution in [2.45, 2.75) is 31.1 Å². The lowest BCUT2D eigenvalue weighted by Gasteiger charge is -2.48. The molecule has 2 fully saturated rings. The van der Waals surface area contributed by atoms with Crippen LogP contribution in [0.2, 0.25) is 0 Å². The molecule has 0 bridgehead atoms. The average molecular weight is 376 g/mol. The molecule has 1 amide bonds. The molecule has 1 spiro atoms. The lowest BCUT2D eigenvalue weighted by atomic mass is 9.88. The summed E-state index contributed by atoms with van der Waals surface area (Å²) in [7, 11) is 1.93. The highest BCUT2D eigenvalue weighted by molar-refractivity contribution is 5.98. The van der Waals surface area contributed by atoms with Crippen molar-refractivity contribution in [3.63, 3.8) is 0 Å². The van der Waals surface area contributed by atoms with Crippen molar-refractivity contribution in [2.24, 2.45) is 7.05 Å². The summed E-state index contributed by atoms with van der Waals surface area (Å²) in [5.74, 6) is -1.29. The summed E-state index contributed by atoms with van der Waals surface area (Å²) in [6, 6.07) is 8.60. The second kappa shape index (κ2) is 6.69. The lowest BCUT2D eigenvalue weighted by Crippen LogP contribution is -2.64. The molecular formula is C19H22F2N4O2. The van der Waals surface area contributed by atoms with Crippen LogP contribution in [0.5, 0.6) is 0 Å². The predicted octanol–water partition coefficient (Wildman–Crippen LogP) is 2.41. The molecule has 0 radical (unpaired) electrons. The highest BCUT2D eigenvalue weighted by atomic mass is 19.3. The molecule has 6 nitrogen and oxygen atoms in total. The number of halogens is 2. The molecule has 0 atom stereocenters. The van der Waals surface area contributed by atoms with Crippen LogP contribution < -0.4 is 4.90 Å². The molecule has 1 aromatic carbocycles. The van der Waals surface area contributed by atoms with Gasteiger partial charge in [0.25, 0.3) is 0 Å². The summed E-state index contributed by atoms with van der Waals surface area (Å²) >= 11 is 0. The summed E-state index contributed by atoms with van der Waals surface area (Å²) in [5, 5.41) is 0. The van der Waals surface area contributed by atoms with Crippen molar-refractivity contribution >= 4 is 11.6 Å². The Balaban J connectivity index is 1.50. The zero-order valence-corrected chi connectivity index (χ0v) is 15.1. The number of ether oxygens (including phenoxy) is 1. The number of amides is 1. The third kappa shape index (κ3) is 3.46. The second-order valence-corrected chi connectivity index (χ2v) is 7.30. The van der Waals surface area contributed by atoms with Crippen LogP contribution >= 0.6 is 0 Å². The number of hydrogen-bond donors (Lipinski definition) is 0. The number of benzene rings is 1. The van der Waals surface area contributed by atoms with Gasteiger partial charge in [0.15, 0.2) is 0 Å². The zero-order chi connectivity index (χ0) is 19.1. The van der Waals surface area contributed by atoms with Crippen LogP contribution in [0.1, 0.15) is 18.5 Å². The molecule has 2 aromatic rings. The Labute approximate surface area is 156 Å². The van der Waals surface area contributed by atoms with E-state index in [0.29, 0.717) is 38.2 Å². The van der Waals surface area contributed by atoms with Crippen molar-refractivity contribution in [1.29, 1.82) is 0 Å². The van der Waals surface area contributed by atoms with Gasteiger partial charge in [0, 0.05) is 38.6 Å². The molecule has 0 N–H and O–H groups in total. The molecule has 2 aliphatic rings. The van der Waals surface area contributed by atoms with Crippen LogP contribution in [0.3, 0.4) is 0 Å². The maximum Gasteiger partial charge on any atom is 0.437 e. The Hall–Kier alpha value is -2.32. The molecule has 0 unspecified atom stereocenters. The highest BCUT2D eigenvalue weighted by Crippen LogP contribution is 2.40. The number of aromatic nitrogens is 2. The van der Waals surface area contributed by atoms with Gasteiger partial charge in [-0.25, -0.2) is 4.98 Å². The number of hydrogen-bond acceptors (Lipinski definition) is 4. The van der Waals surface area contributed by atoms with E-state index in [4.69, 9.17) is 4.74 Å². The fraction of sp³-hybridized carbons (Fsp3) is 0.474. The van der Waals surface area contributed by atoms with E-state index >= 15 is 0 Å². The fourth-order valence-electron chi connectivity index (χ4n) is 3.83. The van der Waals surface area contributed by atoms with Crippen LogP contribution in [-0.2, 0) is 23.1 Å². The minimum absolute atomic E-state index is 0.144. The van der Waals surface area contributed by atoms with E-state index in [1.54, 1.807) is 36.7 Å². The maximum atomic E-state index is 14.4. The smallest absolute Gasteiger partial charge is 0.337 e. The zero-order valence-electron chi connectivity index (χ0n) is 15.1. The van der Waals surface area contributed by atoms with Crippen LogP contribution in [-0.4, -0.2) is 51.7 Å². The number of para-hydroxylation sites is 1. The first kappa shape index (κ1) is 18.1. The van der Waals surface area contributed by atoms with Gasteiger partial charge in [-0.3, -0.25) is 9.69 Å². The number of morpholine rings is 1. The van der Waals surface area contributed by atoms with Crippen LogP contribution in [0.25, 0.3) is 0 Å². The molecule has 0 aliphatic carbocycles. The van der Waals surface area contributed by atoms with Crippen molar-refractivity contribution in [1.82, 2.24) is 14.5 Å². The van der Waals surface area contributed by atoms with E-state index in [9.17, 15) is 13.6 Å². The van der Waals surface area contributed by atoms with Gasteiger partial charge in [-0.1, -0.05) is 18.2 Å². The van der Waals surface area contributed by atoms with Gasteiger partial charge in [0.2, 0.25) is 0 Å². The lowest BCUT2D eigenvalue weighted by molar-refractivity contribution is -0.293. The van der Waals surface area contributed by atoms with Gasteiger partial charge < -0.3 is 14.2 Å². The number of rotatable bonds is 3. The highest BCUT2D eigenvalue weighted by Gasteiger charge is 2.57. The van der Waals surface area contributed by atoms with Crippen LogP contribution in [0.4, 0.5) is 14.5 Å². The average Bonchev–Trinajstić information content (AvgIpc) is 3.05. The Morgan fingerprint density at radius 1 is 1.19 bits per heavy atom. The quantitative estimate of drug-likeness (QED) is 0.826. The first-order valence-corrected chi connectivity index (χ1v) is 9.01. The Kier molecular flexibility index (Phi) is 4.47. The van der Waals surface area contributed by atoms with E-state index in [1.165, 1.54) is 4.90 Å². The molecule has 0 saturated carbocycles. The maximum absolute atomic E-state index is 14.4. The molecule has 2 aliphatic heterocycles. The summed E-state index contributed by atoms with van der Waals surface area (Å²) < 4.78 is 35.8. The minimum atomic E-state index is -3.81. The Morgan fingerprint density at radius 2 is 1.89 bits per heavy atom. The van der Waals surface area contributed by atoms with Crippen LogP contribution in [0.15, 0.2) is 42.9 Å². The SMILES string of the molecule is Cn1cncc1CN1CCC2(CC1)CN(c1ccccc1)C(=O)C(F)(F)O2. The van der Waals surface area contributed by atoms with E-state index in [-0.39, 0.29) is 6.54 Å². The second-order valence-electron chi connectivity index (χ2n) is 7.30. The van der Waals surface area contributed by atoms with E-state index in [1.807, 2.05) is 17.8 Å². The van der Waals surface area contributed by atoms with Crippen molar-refractivity contribution in [3.05, 3.63) is 48.5 Å². The Morgan fingerprint density at radius 3 is 2.52 bits per heavy atom. The number of imidazole rings is 1. The van der Waals surface area contributed by atoms with E-state index in [2.05, 4.69) is 9.88 Å². The third-order valence-corrected chi connectivity index (χ3v) is 5.42. The standard InChI is InChI=1S/C19H22F2N4O2/c1-23-14-22-11-16(23)12-24-9-7-18(8-10-24)13-25(15-5-3-2-4-6-15)17(26)19(20,21)27-18/h2-6,11,14H,7-10,12-13H2,1H3. The molecule has 4 rings (SSSR count). The number of aryl methyl sites for hydroxylation is 1. The summed E-state index contributed by atoms with van der Waals surface area (Å²) in [5.41, 5.74) is 0.514. The molecule has 3 heterocycles. The molecule has 1 aromatic heterocycles. The van der Waals surface area contributed by atoms with Gasteiger partial charge in [-0.2, -0.15) is 8.78 Å². The number of likely N-dealkylation sites (tertiary alicyclic amines) is 1. The first-order valence-electron chi connectivity index (χ1n) is 9.01. The topological polar surface area (TPSA) is 50.6 Å².